The van der Waals surface area contributed by atoms with Crippen LogP contribution in [0.4, 0.5) is 17.1 Å². The molecule has 0 saturated heterocycles. The van der Waals surface area contributed by atoms with Crippen molar-refractivity contribution in [1.29, 1.82) is 0 Å². The molecule has 4 nitrogen and oxygen atoms in total. The van der Waals surface area contributed by atoms with E-state index in [4.69, 9.17) is 5.73 Å². The van der Waals surface area contributed by atoms with Gasteiger partial charge < -0.3 is 11.1 Å². The zero-order valence-electron chi connectivity index (χ0n) is 10.6. The second kappa shape index (κ2) is 4.66. The van der Waals surface area contributed by atoms with Crippen LogP contribution in [0.25, 0.3) is 11.1 Å². The maximum absolute atomic E-state index is 11.2. The van der Waals surface area contributed by atoms with E-state index >= 15 is 0 Å². The summed E-state index contributed by atoms with van der Waals surface area (Å²) in [6.07, 6.45) is 0. The molecule has 4 heteroatoms. The molecule has 0 aliphatic carbocycles. The van der Waals surface area contributed by atoms with Gasteiger partial charge in [0.15, 0.2) is 0 Å². The van der Waals surface area contributed by atoms with Gasteiger partial charge in [0.05, 0.1) is 5.69 Å². The van der Waals surface area contributed by atoms with E-state index in [9.17, 15) is 9.59 Å². The van der Waals surface area contributed by atoms with Crippen molar-refractivity contribution in [2.75, 3.05) is 11.1 Å². The maximum atomic E-state index is 11.2. The number of hydrogen-bond donors (Lipinski definition) is 2. The Morgan fingerprint density at radius 2 is 1.65 bits per heavy atom. The molecule has 0 aromatic heterocycles. The second-order valence-corrected chi connectivity index (χ2v) is 4.54. The number of anilines is 3. The van der Waals surface area contributed by atoms with E-state index < -0.39 is 10.9 Å². The number of hydrogen-bond acceptors (Lipinski definition) is 4. The molecule has 0 unspecified atom stereocenters. The van der Waals surface area contributed by atoms with E-state index in [2.05, 4.69) is 5.32 Å². The van der Waals surface area contributed by atoms with Gasteiger partial charge in [-0.1, -0.05) is 36.4 Å². The molecule has 0 heterocycles. The van der Waals surface area contributed by atoms with Gasteiger partial charge in [-0.25, -0.2) is 0 Å². The monoisotopic (exact) mass is 264 g/mol. The molecule has 3 rings (SSSR count). The van der Waals surface area contributed by atoms with Crippen molar-refractivity contribution in [2.45, 2.75) is 0 Å². The third-order valence-corrected chi connectivity index (χ3v) is 3.16. The summed E-state index contributed by atoms with van der Waals surface area (Å²) in [5.74, 6) is 0. The molecule has 20 heavy (non-hydrogen) atoms. The molecule has 0 amide bonds. The smallest absolute Gasteiger partial charge is 0.249 e. The van der Waals surface area contributed by atoms with Crippen LogP contribution in [0.3, 0.4) is 0 Å². The lowest BCUT2D eigenvalue weighted by Gasteiger charge is -2.10. The Labute approximate surface area is 115 Å². The molecule has 0 fully saturated rings. The maximum Gasteiger partial charge on any atom is 0.249 e. The fourth-order valence-corrected chi connectivity index (χ4v) is 2.09. The highest BCUT2D eigenvalue weighted by molar-refractivity contribution is 5.80. The molecule has 98 valence electrons. The van der Waals surface area contributed by atoms with Gasteiger partial charge in [-0.05, 0) is 17.7 Å². The lowest BCUT2D eigenvalue weighted by atomic mass is 10.0. The van der Waals surface area contributed by atoms with Crippen LogP contribution in [0.5, 0.6) is 0 Å². The fraction of sp³-hybridized carbons (Fsp3) is 0. The standard InChI is InChI=1S/C16H12N2O2/c17-13-8-11(18-14-9-15(19)16(14)20)6-7-12(13)10-4-2-1-3-5-10/h1-9,18H,17H2. The largest absolute Gasteiger partial charge is 0.398 e. The number of nitrogens with two attached hydrogens (primary N) is 1. The number of rotatable bonds is 3. The first kappa shape index (κ1) is 12.2. The molecule has 0 radical (unpaired) electrons. The van der Waals surface area contributed by atoms with Crippen LogP contribution in [0.15, 0.2) is 64.2 Å². The quantitative estimate of drug-likeness (QED) is 0.562. The van der Waals surface area contributed by atoms with Gasteiger partial charge in [-0.3, -0.25) is 9.59 Å². The van der Waals surface area contributed by atoms with Crippen LogP contribution in [0.2, 0.25) is 0 Å². The summed E-state index contributed by atoms with van der Waals surface area (Å²) < 4.78 is 0. The van der Waals surface area contributed by atoms with Gasteiger partial charge in [-0.2, -0.15) is 0 Å². The Morgan fingerprint density at radius 3 is 2.25 bits per heavy atom. The van der Waals surface area contributed by atoms with E-state index in [0.29, 0.717) is 17.1 Å². The van der Waals surface area contributed by atoms with E-state index in [-0.39, 0.29) is 0 Å². The lowest BCUT2D eigenvalue weighted by molar-refractivity contribution is 1.38. The first-order chi connectivity index (χ1) is 9.65. The summed E-state index contributed by atoms with van der Waals surface area (Å²) >= 11 is 0. The Balaban J connectivity index is 1.91. The highest BCUT2D eigenvalue weighted by Gasteiger charge is 2.10. The minimum absolute atomic E-state index is 0.307. The van der Waals surface area contributed by atoms with Crippen LogP contribution < -0.4 is 21.9 Å². The molecule has 3 aromatic rings. The molecular formula is C16H12N2O2. The zero-order valence-corrected chi connectivity index (χ0v) is 10.6. The highest BCUT2D eigenvalue weighted by atomic mass is 16.2. The minimum atomic E-state index is -0.490. The summed E-state index contributed by atoms with van der Waals surface area (Å²) in [5, 5.41) is 2.89. The normalized spacial score (nSPS) is 10.6. The molecule has 0 atom stereocenters. The van der Waals surface area contributed by atoms with Gasteiger partial charge >= 0.3 is 0 Å². The third kappa shape index (κ3) is 2.07. The van der Waals surface area contributed by atoms with Gasteiger partial charge in [0, 0.05) is 23.0 Å². The Kier molecular flexibility index (Phi) is 2.84. The first-order valence-corrected chi connectivity index (χ1v) is 6.17. The Hall–Kier alpha value is -2.88. The van der Waals surface area contributed by atoms with E-state index in [1.807, 2.05) is 42.5 Å². The topological polar surface area (TPSA) is 72.2 Å². The Morgan fingerprint density at radius 1 is 0.900 bits per heavy atom. The molecule has 3 aromatic carbocycles. The summed E-state index contributed by atoms with van der Waals surface area (Å²) in [4.78, 5) is 22.1. The number of benzene rings is 2. The molecular weight excluding hydrogens is 252 g/mol. The van der Waals surface area contributed by atoms with Crippen molar-refractivity contribution in [3.05, 3.63) is 75.0 Å². The molecule has 0 aliphatic rings. The summed E-state index contributed by atoms with van der Waals surface area (Å²) in [6, 6.07) is 16.6. The van der Waals surface area contributed by atoms with Crippen molar-refractivity contribution >= 4 is 17.1 Å². The van der Waals surface area contributed by atoms with Gasteiger partial charge in [0.1, 0.15) is 0 Å². The van der Waals surface area contributed by atoms with Crippen molar-refractivity contribution in [2.24, 2.45) is 0 Å². The zero-order chi connectivity index (χ0) is 14.1. The highest BCUT2D eigenvalue weighted by Crippen LogP contribution is 2.28. The van der Waals surface area contributed by atoms with E-state index in [0.717, 1.165) is 11.1 Å². The third-order valence-electron chi connectivity index (χ3n) is 3.16. The van der Waals surface area contributed by atoms with Crippen LogP contribution in [-0.4, -0.2) is 0 Å². The van der Waals surface area contributed by atoms with Crippen LogP contribution >= 0.6 is 0 Å². The van der Waals surface area contributed by atoms with Crippen LogP contribution in [0.1, 0.15) is 0 Å². The Bertz CT molecular complexity index is 831. The second-order valence-electron chi connectivity index (χ2n) is 4.54. The molecule has 3 N–H and O–H groups in total. The predicted molar refractivity (Wildman–Crippen MR) is 80.9 cm³/mol. The summed E-state index contributed by atoms with van der Waals surface area (Å²) in [7, 11) is 0. The SMILES string of the molecule is Nc1cc(Nc2cc(=O)c2=O)ccc1-c1ccccc1. The molecule has 0 saturated carbocycles. The molecule has 0 bridgehead atoms. The average Bonchev–Trinajstić information content (AvgIpc) is 2.47. The van der Waals surface area contributed by atoms with Crippen LogP contribution in [-0.2, 0) is 0 Å². The molecule has 0 spiro atoms. The van der Waals surface area contributed by atoms with E-state index in [1.54, 1.807) is 6.07 Å². The van der Waals surface area contributed by atoms with Crippen molar-refractivity contribution in [3.63, 3.8) is 0 Å². The predicted octanol–water partition coefficient (Wildman–Crippen LogP) is 2.28. The van der Waals surface area contributed by atoms with Gasteiger partial charge in [0.2, 0.25) is 10.9 Å². The van der Waals surface area contributed by atoms with Crippen molar-refractivity contribution in [3.8, 4) is 11.1 Å². The number of nitrogens with one attached hydrogen (secondary N) is 1. The van der Waals surface area contributed by atoms with Gasteiger partial charge in [0.25, 0.3) is 0 Å². The lowest BCUT2D eigenvalue weighted by Crippen LogP contribution is -2.31. The van der Waals surface area contributed by atoms with Crippen LogP contribution in [0, 0.1) is 0 Å². The fourth-order valence-electron chi connectivity index (χ4n) is 2.09. The molecule has 0 aliphatic heterocycles. The summed E-state index contributed by atoms with van der Waals surface area (Å²) in [5.41, 5.74) is 8.65. The number of nitrogen functional groups attached to an aromatic ring is 1. The van der Waals surface area contributed by atoms with Crippen molar-refractivity contribution in [1.82, 2.24) is 0 Å². The van der Waals surface area contributed by atoms with Crippen molar-refractivity contribution < 1.29 is 0 Å². The average molecular weight is 264 g/mol. The summed E-state index contributed by atoms with van der Waals surface area (Å²) in [6.45, 7) is 0. The minimum Gasteiger partial charge on any atom is -0.398 e. The van der Waals surface area contributed by atoms with Gasteiger partial charge in [-0.15, -0.1) is 0 Å². The van der Waals surface area contributed by atoms with E-state index in [1.165, 1.54) is 6.07 Å². The first-order valence-electron chi connectivity index (χ1n) is 6.17.